The Hall–Kier alpha value is -4.24. The second-order valence-electron chi connectivity index (χ2n) is 7.04. The van der Waals surface area contributed by atoms with Crippen molar-refractivity contribution in [2.75, 3.05) is 0 Å². The Balaban J connectivity index is 1.46. The molecular formula is C28H22O3. The van der Waals surface area contributed by atoms with Crippen LogP contribution < -0.4 is 4.74 Å². The van der Waals surface area contributed by atoms with Gasteiger partial charge in [-0.25, -0.2) is 0 Å². The van der Waals surface area contributed by atoms with E-state index in [1.807, 2.05) is 97.1 Å². The summed E-state index contributed by atoms with van der Waals surface area (Å²) in [5.41, 5.74) is 3.85. The van der Waals surface area contributed by atoms with Crippen LogP contribution in [0.1, 0.15) is 22.3 Å². The molecule has 0 bridgehead atoms. The van der Waals surface area contributed by atoms with Gasteiger partial charge in [-0.1, -0.05) is 97.1 Å². The van der Waals surface area contributed by atoms with E-state index in [-0.39, 0.29) is 23.0 Å². The highest BCUT2D eigenvalue weighted by Crippen LogP contribution is 2.36. The predicted molar refractivity (Wildman–Crippen MR) is 127 cm³/mol. The maximum absolute atomic E-state index is 10.4. The van der Waals surface area contributed by atoms with Crippen molar-refractivity contribution in [1.29, 1.82) is 0 Å². The summed E-state index contributed by atoms with van der Waals surface area (Å²) in [6, 6.07) is 30.2. The smallest absolute Gasteiger partial charge is 0.169 e. The summed E-state index contributed by atoms with van der Waals surface area (Å²) in [5, 5.41) is 20.7. The number of hydrogen-bond acceptors (Lipinski definition) is 3. The lowest BCUT2D eigenvalue weighted by atomic mass is 10.1. The molecule has 3 nitrogen and oxygen atoms in total. The van der Waals surface area contributed by atoms with Gasteiger partial charge in [0.1, 0.15) is 0 Å². The average molecular weight is 406 g/mol. The molecule has 0 aliphatic heterocycles. The highest BCUT2D eigenvalue weighted by molar-refractivity contribution is 5.72. The molecule has 2 N–H and O–H groups in total. The summed E-state index contributed by atoms with van der Waals surface area (Å²) in [6.07, 6.45) is 7.79. The minimum absolute atomic E-state index is 0.00246. The van der Waals surface area contributed by atoms with Crippen LogP contribution in [0.2, 0.25) is 0 Å². The second kappa shape index (κ2) is 9.51. The highest BCUT2D eigenvalue weighted by atomic mass is 16.5. The molecule has 4 aromatic rings. The molecule has 31 heavy (non-hydrogen) atoms. The summed E-state index contributed by atoms with van der Waals surface area (Å²) < 4.78 is 5.73. The van der Waals surface area contributed by atoms with Crippen molar-refractivity contribution < 1.29 is 14.9 Å². The molecule has 0 saturated carbocycles. The summed E-state index contributed by atoms with van der Waals surface area (Å²) in [4.78, 5) is 0. The zero-order valence-electron chi connectivity index (χ0n) is 16.8. The zero-order chi connectivity index (χ0) is 21.5. The monoisotopic (exact) mass is 406 g/mol. The van der Waals surface area contributed by atoms with Crippen LogP contribution in [-0.4, -0.2) is 10.2 Å². The molecule has 0 saturated heterocycles. The minimum Gasteiger partial charge on any atom is -0.504 e. The zero-order valence-corrected chi connectivity index (χ0v) is 16.8. The average Bonchev–Trinajstić information content (AvgIpc) is 2.80. The summed E-state index contributed by atoms with van der Waals surface area (Å²) in [5.74, 6) is 0.560. The number of hydrogen-bond donors (Lipinski definition) is 2. The number of benzene rings is 4. The highest BCUT2D eigenvalue weighted by Gasteiger charge is 2.08. The van der Waals surface area contributed by atoms with Crippen molar-refractivity contribution in [1.82, 2.24) is 0 Å². The lowest BCUT2D eigenvalue weighted by molar-refractivity contribution is 0.385. The van der Waals surface area contributed by atoms with E-state index in [1.165, 1.54) is 0 Å². The van der Waals surface area contributed by atoms with E-state index in [1.54, 1.807) is 24.3 Å². The molecule has 0 spiro atoms. The molecule has 0 unspecified atom stereocenters. The van der Waals surface area contributed by atoms with Crippen LogP contribution >= 0.6 is 0 Å². The van der Waals surface area contributed by atoms with Crippen molar-refractivity contribution in [3.8, 4) is 23.0 Å². The quantitative estimate of drug-likeness (QED) is 0.332. The molecule has 4 aromatic carbocycles. The maximum Gasteiger partial charge on any atom is 0.169 e. The van der Waals surface area contributed by atoms with Crippen LogP contribution in [0.5, 0.6) is 23.0 Å². The number of rotatable bonds is 6. The summed E-state index contributed by atoms with van der Waals surface area (Å²) in [7, 11) is 0. The van der Waals surface area contributed by atoms with Gasteiger partial charge in [-0.3, -0.25) is 0 Å². The molecule has 0 aromatic heterocycles. The first-order valence-electron chi connectivity index (χ1n) is 9.97. The van der Waals surface area contributed by atoms with E-state index < -0.39 is 0 Å². The van der Waals surface area contributed by atoms with Gasteiger partial charge in [-0.05, 0) is 46.5 Å². The SMILES string of the molecule is Oc1cc(C=Cc2ccccc2)ccc1Oc1ccc(C=Cc2ccccc2)cc1O. The van der Waals surface area contributed by atoms with Crippen molar-refractivity contribution in [3.63, 3.8) is 0 Å². The Morgan fingerprint density at radius 3 is 1.23 bits per heavy atom. The Labute approximate surface area is 181 Å². The molecule has 0 radical (unpaired) electrons. The molecule has 3 heteroatoms. The van der Waals surface area contributed by atoms with E-state index in [0.29, 0.717) is 0 Å². The first-order chi connectivity index (χ1) is 15.2. The Morgan fingerprint density at radius 2 is 0.839 bits per heavy atom. The normalized spacial score (nSPS) is 11.2. The topological polar surface area (TPSA) is 49.7 Å². The van der Waals surface area contributed by atoms with Crippen molar-refractivity contribution in [2.24, 2.45) is 0 Å². The van der Waals surface area contributed by atoms with Crippen LogP contribution in [0, 0.1) is 0 Å². The molecule has 0 aliphatic rings. The van der Waals surface area contributed by atoms with Crippen molar-refractivity contribution in [2.45, 2.75) is 0 Å². The fourth-order valence-corrected chi connectivity index (χ4v) is 3.08. The standard InChI is InChI=1S/C28H22O3/c29-25-19-23(13-11-21-7-3-1-4-8-21)15-17-27(25)31-28-18-16-24(20-26(28)30)14-12-22-9-5-2-6-10-22/h1-20,29-30H. The van der Waals surface area contributed by atoms with Gasteiger partial charge in [0.15, 0.2) is 23.0 Å². The minimum atomic E-state index is 0.00246. The number of phenolic OH excluding ortho intramolecular Hbond substituents is 2. The lowest BCUT2D eigenvalue weighted by Gasteiger charge is -2.10. The molecule has 0 atom stereocenters. The Kier molecular flexibility index (Phi) is 6.15. The maximum atomic E-state index is 10.4. The van der Waals surface area contributed by atoms with Gasteiger partial charge in [-0.15, -0.1) is 0 Å². The summed E-state index contributed by atoms with van der Waals surface area (Å²) in [6.45, 7) is 0. The first kappa shape index (κ1) is 20.0. The van der Waals surface area contributed by atoms with Gasteiger partial charge in [-0.2, -0.15) is 0 Å². The molecule has 0 fully saturated rings. The largest absolute Gasteiger partial charge is 0.504 e. The van der Waals surface area contributed by atoms with Crippen LogP contribution in [0.3, 0.4) is 0 Å². The van der Waals surface area contributed by atoms with E-state index in [2.05, 4.69) is 0 Å². The summed E-state index contributed by atoms with van der Waals surface area (Å²) >= 11 is 0. The third kappa shape index (κ3) is 5.43. The predicted octanol–water partition coefficient (Wildman–Crippen LogP) is 7.23. The van der Waals surface area contributed by atoms with E-state index in [0.717, 1.165) is 22.3 Å². The molecule has 4 rings (SSSR count). The van der Waals surface area contributed by atoms with Crippen molar-refractivity contribution >= 4 is 24.3 Å². The van der Waals surface area contributed by atoms with E-state index in [4.69, 9.17) is 4.74 Å². The van der Waals surface area contributed by atoms with Crippen LogP contribution in [0.15, 0.2) is 97.1 Å². The van der Waals surface area contributed by atoms with Crippen LogP contribution in [0.4, 0.5) is 0 Å². The van der Waals surface area contributed by atoms with Gasteiger partial charge >= 0.3 is 0 Å². The van der Waals surface area contributed by atoms with Crippen LogP contribution in [-0.2, 0) is 0 Å². The lowest BCUT2D eigenvalue weighted by Crippen LogP contribution is -1.87. The fourth-order valence-electron chi connectivity index (χ4n) is 3.08. The van der Waals surface area contributed by atoms with E-state index >= 15 is 0 Å². The molecule has 0 amide bonds. The third-order valence-electron chi connectivity index (χ3n) is 4.72. The molecule has 0 heterocycles. The van der Waals surface area contributed by atoms with Crippen molar-refractivity contribution in [3.05, 3.63) is 119 Å². The van der Waals surface area contributed by atoms with Gasteiger partial charge in [0.25, 0.3) is 0 Å². The number of aromatic hydroxyl groups is 2. The second-order valence-corrected chi connectivity index (χ2v) is 7.04. The number of ether oxygens (including phenoxy) is 1. The van der Waals surface area contributed by atoms with E-state index in [9.17, 15) is 10.2 Å². The molecular weight excluding hydrogens is 384 g/mol. The fraction of sp³-hybridized carbons (Fsp3) is 0. The van der Waals surface area contributed by atoms with Gasteiger partial charge in [0, 0.05) is 0 Å². The third-order valence-corrected chi connectivity index (χ3v) is 4.72. The molecule has 152 valence electrons. The van der Waals surface area contributed by atoms with Gasteiger partial charge in [0.05, 0.1) is 0 Å². The van der Waals surface area contributed by atoms with Gasteiger partial charge < -0.3 is 14.9 Å². The first-order valence-corrected chi connectivity index (χ1v) is 9.97. The Morgan fingerprint density at radius 1 is 0.452 bits per heavy atom. The number of phenols is 2. The van der Waals surface area contributed by atoms with Crippen LogP contribution in [0.25, 0.3) is 24.3 Å². The molecule has 0 aliphatic carbocycles. The Bertz CT molecular complexity index is 1110. The van der Waals surface area contributed by atoms with Gasteiger partial charge in [0.2, 0.25) is 0 Å².